The van der Waals surface area contributed by atoms with Gasteiger partial charge in [-0.05, 0) is 40.4 Å². The highest BCUT2D eigenvalue weighted by atomic mass is 32.1. The van der Waals surface area contributed by atoms with Crippen LogP contribution in [0.1, 0.15) is 0 Å². The number of aromatic nitrogens is 3. The summed E-state index contributed by atoms with van der Waals surface area (Å²) in [6.07, 6.45) is 0. The smallest absolute Gasteiger partial charge is 0.235 e. The van der Waals surface area contributed by atoms with Crippen LogP contribution in [0.25, 0.3) is 124 Å². The molecule has 4 nitrogen and oxygen atoms in total. The van der Waals surface area contributed by atoms with E-state index in [0.717, 1.165) is 65.9 Å². The van der Waals surface area contributed by atoms with Gasteiger partial charge in [0.15, 0.2) is 0 Å². The lowest BCUT2D eigenvalue weighted by Crippen LogP contribution is -2.04. The molecule has 0 bridgehead atoms. The van der Waals surface area contributed by atoms with Gasteiger partial charge in [-0.3, -0.25) is 4.57 Å². The molecule has 0 fully saturated rings. The van der Waals surface area contributed by atoms with Gasteiger partial charge in [-0.1, -0.05) is 140 Å². The molecule has 0 aliphatic carbocycles. The maximum atomic E-state index is 6.41. The van der Waals surface area contributed by atoms with E-state index in [0.29, 0.717) is 5.95 Å². The molecule has 9 aromatic carbocycles. The summed E-state index contributed by atoms with van der Waals surface area (Å²) in [5.41, 5.74) is 6.73. The van der Waals surface area contributed by atoms with Crippen LogP contribution in [0.3, 0.4) is 0 Å². The molecule has 0 aliphatic rings. The largest absolute Gasteiger partial charge is 0.456 e. The molecule has 13 aromatic rings. The number of para-hydroxylation sites is 2. The molecule has 0 N–H and O–H groups in total. The summed E-state index contributed by atoms with van der Waals surface area (Å²) in [6, 6.07) is 58.5. The summed E-state index contributed by atoms with van der Waals surface area (Å²) in [7, 11) is 0. The standard InChI is InChI=1S/C50H27N3OS/c1-3-14-30-28(12-1)25-27-38-45(30)51-50(52-46(38)36-20-11-23-41-42(36)35-19-8-10-22-40(35)54-41)53-39-21-9-7-18-34(39)43-44-37-26-24-29-13-2-4-15-31(29)48(37)55-49(44)33-17-6-5-16-32(33)47(43)53/h1-27H. The zero-order chi connectivity index (χ0) is 35.8. The first kappa shape index (κ1) is 29.4. The average molecular weight is 718 g/mol. The number of nitrogens with zero attached hydrogens (tertiary/aromatic N) is 3. The Kier molecular flexibility index (Phi) is 5.74. The highest BCUT2D eigenvalue weighted by Gasteiger charge is 2.25. The molecule has 5 heteroatoms. The van der Waals surface area contributed by atoms with Gasteiger partial charge in [0.25, 0.3) is 0 Å². The lowest BCUT2D eigenvalue weighted by atomic mass is 9.98. The van der Waals surface area contributed by atoms with Crippen molar-refractivity contribution in [2.75, 3.05) is 0 Å². The van der Waals surface area contributed by atoms with Gasteiger partial charge in [0.1, 0.15) is 11.2 Å². The van der Waals surface area contributed by atoms with Crippen molar-refractivity contribution < 1.29 is 4.42 Å². The van der Waals surface area contributed by atoms with Gasteiger partial charge in [0.05, 0.1) is 22.2 Å². The zero-order valence-electron chi connectivity index (χ0n) is 29.2. The van der Waals surface area contributed by atoms with Gasteiger partial charge < -0.3 is 4.42 Å². The Morgan fingerprint density at radius 2 is 1.07 bits per heavy atom. The lowest BCUT2D eigenvalue weighted by molar-refractivity contribution is 0.669. The van der Waals surface area contributed by atoms with Crippen molar-refractivity contribution >= 4 is 118 Å². The third-order valence-electron chi connectivity index (χ3n) is 11.6. The van der Waals surface area contributed by atoms with Crippen LogP contribution in [0.5, 0.6) is 0 Å². The van der Waals surface area contributed by atoms with Gasteiger partial charge in [-0.2, -0.15) is 0 Å². The number of furan rings is 1. The van der Waals surface area contributed by atoms with Crippen LogP contribution in [0, 0.1) is 0 Å². The minimum atomic E-state index is 0.643. The summed E-state index contributed by atoms with van der Waals surface area (Å²) >= 11 is 1.91. The van der Waals surface area contributed by atoms with Crippen molar-refractivity contribution in [1.82, 2.24) is 14.5 Å². The van der Waals surface area contributed by atoms with E-state index in [1.165, 1.54) is 52.5 Å². The van der Waals surface area contributed by atoms with Crippen LogP contribution in [0.4, 0.5) is 0 Å². The molecule has 0 aliphatic heterocycles. The van der Waals surface area contributed by atoms with Crippen molar-refractivity contribution in [2.24, 2.45) is 0 Å². The highest BCUT2D eigenvalue weighted by molar-refractivity contribution is 7.27. The predicted octanol–water partition coefficient (Wildman–Crippen LogP) is 14.1. The van der Waals surface area contributed by atoms with Gasteiger partial charge in [-0.25, -0.2) is 9.97 Å². The van der Waals surface area contributed by atoms with Crippen molar-refractivity contribution in [3.05, 3.63) is 164 Å². The van der Waals surface area contributed by atoms with Crippen LogP contribution >= 0.6 is 11.3 Å². The van der Waals surface area contributed by atoms with E-state index >= 15 is 0 Å². The molecule has 254 valence electrons. The molecule has 4 aromatic heterocycles. The van der Waals surface area contributed by atoms with Gasteiger partial charge in [0.2, 0.25) is 5.95 Å². The molecule has 0 radical (unpaired) electrons. The van der Waals surface area contributed by atoms with E-state index in [1.54, 1.807) is 0 Å². The zero-order valence-corrected chi connectivity index (χ0v) is 30.1. The second-order valence-corrected chi connectivity index (χ2v) is 15.4. The van der Waals surface area contributed by atoms with E-state index < -0.39 is 0 Å². The van der Waals surface area contributed by atoms with Crippen LogP contribution in [0.2, 0.25) is 0 Å². The Balaban J connectivity index is 1.25. The van der Waals surface area contributed by atoms with E-state index in [4.69, 9.17) is 14.4 Å². The lowest BCUT2D eigenvalue weighted by Gasteiger charge is -2.14. The summed E-state index contributed by atoms with van der Waals surface area (Å²) in [5, 5.41) is 15.3. The summed E-state index contributed by atoms with van der Waals surface area (Å²) < 4.78 is 11.4. The minimum absolute atomic E-state index is 0.643. The molecule has 0 saturated heterocycles. The number of fused-ring (bicyclic) bond motifs is 18. The average Bonchev–Trinajstić information content (AvgIpc) is 3.94. The number of benzene rings is 9. The second-order valence-electron chi connectivity index (χ2n) is 14.4. The normalized spacial score (nSPS) is 12.4. The fourth-order valence-corrected chi connectivity index (χ4v) is 10.6. The monoisotopic (exact) mass is 717 g/mol. The fourth-order valence-electron chi connectivity index (χ4n) is 9.24. The topological polar surface area (TPSA) is 43.9 Å². The first-order chi connectivity index (χ1) is 27.3. The van der Waals surface area contributed by atoms with E-state index in [9.17, 15) is 0 Å². The quantitative estimate of drug-likeness (QED) is 0.167. The molecule has 0 unspecified atom stereocenters. The van der Waals surface area contributed by atoms with Crippen molar-refractivity contribution in [2.45, 2.75) is 0 Å². The van der Waals surface area contributed by atoms with E-state index in [-0.39, 0.29) is 0 Å². The summed E-state index contributed by atoms with van der Waals surface area (Å²) in [4.78, 5) is 11.2. The molecule has 55 heavy (non-hydrogen) atoms. The molecular formula is C50H27N3OS. The fraction of sp³-hybridized carbons (Fsp3) is 0. The predicted molar refractivity (Wildman–Crippen MR) is 232 cm³/mol. The minimum Gasteiger partial charge on any atom is -0.456 e. The van der Waals surface area contributed by atoms with E-state index in [1.807, 2.05) is 23.5 Å². The van der Waals surface area contributed by atoms with Gasteiger partial charge in [-0.15, -0.1) is 11.3 Å². The number of rotatable bonds is 2. The molecule has 0 saturated carbocycles. The molecule has 0 amide bonds. The maximum absolute atomic E-state index is 6.41. The van der Waals surface area contributed by atoms with Crippen molar-refractivity contribution in [3.63, 3.8) is 0 Å². The highest BCUT2D eigenvalue weighted by Crippen LogP contribution is 2.49. The Morgan fingerprint density at radius 3 is 1.93 bits per heavy atom. The summed E-state index contributed by atoms with van der Waals surface area (Å²) in [6.45, 7) is 0. The third-order valence-corrected chi connectivity index (χ3v) is 12.8. The Hall–Kier alpha value is -7.08. The van der Waals surface area contributed by atoms with Crippen molar-refractivity contribution in [3.8, 4) is 17.2 Å². The molecule has 0 atom stereocenters. The van der Waals surface area contributed by atoms with E-state index in [2.05, 4.69) is 156 Å². The molecule has 4 heterocycles. The number of thiophene rings is 1. The number of hydrogen-bond donors (Lipinski definition) is 0. The Labute approximate surface area is 317 Å². The molecular weight excluding hydrogens is 691 g/mol. The van der Waals surface area contributed by atoms with Gasteiger partial charge in [0, 0.05) is 68.8 Å². The van der Waals surface area contributed by atoms with Crippen LogP contribution in [-0.4, -0.2) is 14.5 Å². The molecule has 0 spiro atoms. The SMILES string of the molecule is c1ccc2c(c1)ccc1c(-c3cccc4oc5ccccc5c34)nc(-n3c4ccccc4c4c5c6ccc7ccccc7c6sc5c5ccccc5c43)nc12. The third kappa shape index (κ3) is 3.89. The maximum Gasteiger partial charge on any atom is 0.235 e. The summed E-state index contributed by atoms with van der Waals surface area (Å²) in [5.74, 6) is 0.643. The Bertz CT molecular complexity index is 3790. The van der Waals surface area contributed by atoms with Crippen LogP contribution in [0.15, 0.2) is 168 Å². The first-order valence-corrected chi connectivity index (χ1v) is 19.4. The van der Waals surface area contributed by atoms with Crippen LogP contribution in [-0.2, 0) is 0 Å². The second kappa shape index (κ2) is 10.8. The molecule has 13 rings (SSSR count). The van der Waals surface area contributed by atoms with Crippen molar-refractivity contribution in [1.29, 1.82) is 0 Å². The van der Waals surface area contributed by atoms with Crippen LogP contribution < -0.4 is 0 Å². The first-order valence-electron chi connectivity index (χ1n) is 18.6. The van der Waals surface area contributed by atoms with Gasteiger partial charge >= 0.3 is 0 Å². The Morgan fingerprint density at radius 1 is 0.418 bits per heavy atom. The number of hydrogen-bond acceptors (Lipinski definition) is 4.